The van der Waals surface area contributed by atoms with E-state index in [0.717, 1.165) is 31.4 Å². The third-order valence-electron chi connectivity index (χ3n) is 3.51. The van der Waals surface area contributed by atoms with E-state index in [9.17, 15) is 4.39 Å². The summed E-state index contributed by atoms with van der Waals surface area (Å²) in [6, 6.07) is 7.22. The molecule has 0 aliphatic heterocycles. The highest BCUT2D eigenvalue weighted by molar-refractivity contribution is 5.17. The summed E-state index contributed by atoms with van der Waals surface area (Å²) in [5.74, 6) is -0.162. The van der Waals surface area contributed by atoms with Gasteiger partial charge in [-0.15, -0.1) is 0 Å². The monoisotopic (exact) mass is 267 g/mol. The van der Waals surface area contributed by atoms with Crippen LogP contribution >= 0.6 is 0 Å². The van der Waals surface area contributed by atoms with Crippen LogP contribution in [0.3, 0.4) is 0 Å². The lowest BCUT2D eigenvalue weighted by Gasteiger charge is -2.26. The number of hydrogen-bond donors (Lipinski definition) is 1. The molecule has 0 saturated heterocycles. The Morgan fingerprint density at radius 2 is 2.11 bits per heavy atom. The molecule has 0 radical (unpaired) electrons. The summed E-state index contributed by atoms with van der Waals surface area (Å²) >= 11 is 0. The molecular weight excluding hydrogens is 241 g/mol. The highest BCUT2D eigenvalue weighted by Crippen LogP contribution is 2.18. The standard InChI is InChI=1S/C16H26FNO/c1-5-18-15(9-10-16(2,3)19-4)12-13-7-6-8-14(17)11-13/h6-8,11,15,18H,5,9-10,12H2,1-4H3. The lowest BCUT2D eigenvalue weighted by Crippen LogP contribution is -2.34. The van der Waals surface area contributed by atoms with Crippen LogP contribution in [0, 0.1) is 5.82 Å². The third-order valence-corrected chi connectivity index (χ3v) is 3.51. The summed E-state index contributed by atoms with van der Waals surface area (Å²) < 4.78 is 18.6. The average Bonchev–Trinajstić information content (AvgIpc) is 2.36. The van der Waals surface area contributed by atoms with Crippen molar-refractivity contribution >= 4 is 0 Å². The molecular formula is C16H26FNO. The molecule has 0 spiro atoms. The second kappa shape index (κ2) is 7.61. The molecule has 0 amide bonds. The zero-order valence-corrected chi connectivity index (χ0v) is 12.5. The number of hydrogen-bond acceptors (Lipinski definition) is 2. The van der Waals surface area contributed by atoms with Crippen molar-refractivity contribution in [3.05, 3.63) is 35.6 Å². The molecule has 1 unspecified atom stereocenters. The minimum absolute atomic E-state index is 0.102. The van der Waals surface area contributed by atoms with E-state index in [1.807, 2.05) is 6.07 Å². The molecule has 0 heterocycles. The van der Waals surface area contributed by atoms with Crippen LogP contribution in [0.15, 0.2) is 24.3 Å². The zero-order valence-electron chi connectivity index (χ0n) is 12.5. The third kappa shape index (κ3) is 6.17. The van der Waals surface area contributed by atoms with Crippen LogP contribution in [0.5, 0.6) is 0 Å². The van der Waals surface area contributed by atoms with E-state index in [4.69, 9.17) is 4.74 Å². The summed E-state index contributed by atoms with van der Waals surface area (Å²) in [6.45, 7) is 7.21. The van der Waals surface area contributed by atoms with Gasteiger partial charge in [0.25, 0.3) is 0 Å². The number of rotatable bonds is 8. The summed E-state index contributed by atoms with van der Waals surface area (Å²) in [7, 11) is 1.74. The van der Waals surface area contributed by atoms with E-state index < -0.39 is 0 Å². The summed E-state index contributed by atoms with van der Waals surface area (Å²) in [6.07, 6.45) is 2.85. The topological polar surface area (TPSA) is 21.3 Å². The second-order valence-corrected chi connectivity index (χ2v) is 5.59. The molecule has 0 aromatic heterocycles. The van der Waals surface area contributed by atoms with Gasteiger partial charge in [-0.05, 0) is 57.4 Å². The first-order valence-electron chi connectivity index (χ1n) is 7.00. The van der Waals surface area contributed by atoms with Crippen LogP contribution in [0.4, 0.5) is 4.39 Å². The van der Waals surface area contributed by atoms with Crippen LogP contribution in [-0.4, -0.2) is 25.3 Å². The maximum atomic E-state index is 13.2. The molecule has 108 valence electrons. The van der Waals surface area contributed by atoms with E-state index >= 15 is 0 Å². The molecule has 1 N–H and O–H groups in total. The smallest absolute Gasteiger partial charge is 0.123 e. The average molecular weight is 267 g/mol. The minimum atomic E-state index is -0.162. The van der Waals surface area contributed by atoms with Gasteiger partial charge in [0.2, 0.25) is 0 Å². The van der Waals surface area contributed by atoms with Gasteiger partial charge in [-0.25, -0.2) is 4.39 Å². The van der Waals surface area contributed by atoms with Gasteiger partial charge < -0.3 is 10.1 Å². The first kappa shape index (κ1) is 16.1. The van der Waals surface area contributed by atoms with Crippen molar-refractivity contribution in [2.45, 2.75) is 51.7 Å². The predicted octanol–water partition coefficient (Wildman–Crippen LogP) is 3.55. The van der Waals surface area contributed by atoms with Gasteiger partial charge in [-0.2, -0.15) is 0 Å². The normalized spacial score (nSPS) is 13.5. The Kier molecular flexibility index (Phi) is 6.46. The van der Waals surface area contributed by atoms with E-state index in [1.54, 1.807) is 19.2 Å². The Balaban J connectivity index is 2.57. The van der Waals surface area contributed by atoms with Crippen LogP contribution in [-0.2, 0) is 11.2 Å². The quantitative estimate of drug-likeness (QED) is 0.777. The molecule has 2 nitrogen and oxygen atoms in total. The molecule has 1 rings (SSSR count). The van der Waals surface area contributed by atoms with Crippen molar-refractivity contribution in [3.8, 4) is 0 Å². The van der Waals surface area contributed by atoms with E-state index in [1.165, 1.54) is 6.07 Å². The van der Waals surface area contributed by atoms with E-state index in [-0.39, 0.29) is 11.4 Å². The zero-order chi connectivity index (χ0) is 14.3. The van der Waals surface area contributed by atoms with Gasteiger partial charge in [0.1, 0.15) is 5.82 Å². The molecule has 1 aromatic rings. The van der Waals surface area contributed by atoms with Gasteiger partial charge in [-0.1, -0.05) is 19.1 Å². The molecule has 3 heteroatoms. The second-order valence-electron chi connectivity index (χ2n) is 5.59. The fourth-order valence-corrected chi connectivity index (χ4v) is 2.14. The molecule has 0 aliphatic carbocycles. The Morgan fingerprint density at radius 3 is 2.68 bits per heavy atom. The number of benzene rings is 1. The highest BCUT2D eigenvalue weighted by atomic mass is 19.1. The van der Waals surface area contributed by atoms with E-state index in [0.29, 0.717) is 6.04 Å². The Hall–Kier alpha value is -0.930. The van der Waals surface area contributed by atoms with Crippen molar-refractivity contribution in [2.24, 2.45) is 0 Å². The van der Waals surface area contributed by atoms with Crippen LogP contribution < -0.4 is 5.32 Å². The summed E-state index contributed by atoms with van der Waals surface area (Å²) in [4.78, 5) is 0. The summed E-state index contributed by atoms with van der Waals surface area (Å²) in [5.41, 5.74) is 0.941. The highest BCUT2D eigenvalue weighted by Gasteiger charge is 2.19. The SMILES string of the molecule is CCNC(CCC(C)(C)OC)Cc1cccc(F)c1. The minimum Gasteiger partial charge on any atom is -0.379 e. The molecule has 1 atom stereocenters. The van der Waals surface area contributed by atoms with E-state index in [2.05, 4.69) is 26.1 Å². The molecule has 0 saturated carbocycles. The van der Waals surface area contributed by atoms with Crippen molar-refractivity contribution < 1.29 is 9.13 Å². The Morgan fingerprint density at radius 1 is 1.37 bits per heavy atom. The van der Waals surface area contributed by atoms with Crippen molar-refractivity contribution in [2.75, 3.05) is 13.7 Å². The Bertz CT molecular complexity index is 379. The first-order valence-corrected chi connectivity index (χ1v) is 7.00. The molecule has 0 fully saturated rings. The Labute approximate surface area is 116 Å². The molecule has 19 heavy (non-hydrogen) atoms. The van der Waals surface area contributed by atoms with Gasteiger partial charge >= 0.3 is 0 Å². The molecule has 0 bridgehead atoms. The lowest BCUT2D eigenvalue weighted by molar-refractivity contribution is 0.0117. The van der Waals surface area contributed by atoms with Crippen molar-refractivity contribution in [3.63, 3.8) is 0 Å². The largest absolute Gasteiger partial charge is 0.379 e. The molecule has 1 aromatic carbocycles. The maximum absolute atomic E-state index is 13.2. The van der Waals surface area contributed by atoms with Gasteiger partial charge in [0, 0.05) is 13.2 Å². The number of nitrogens with one attached hydrogen (secondary N) is 1. The number of ether oxygens (including phenoxy) is 1. The fourth-order valence-electron chi connectivity index (χ4n) is 2.14. The molecule has 0 aliphatic rings. The summed E-state index contributed by atoms with van der Waals surface area (Å²) in [5, 5.41) is 3.47. The van der Waals surface area contributed by atoms with Crippen LogP contribution in [0.25, 0.3) is 0 Å². The van der Waals surface area contributed by atoms with Crippen LogP contribution in [0.2, 0.25) is 0 Å². The number of methoxy groups -OCH3 is 1. The van der Waals surface area contributed by atoms with Crippen molar-refractivity contribution in [1.82, 2.24) is 5.32 Å². The van der Waals surface area contributed by atoms with Gasteiger partial charge in [-0.3, -0.25) is 0 Å². The van der Waals surface area contributed by atoms with Crippen LogP contribution in [0.1, 0.15) is 39.2 Å². The number of halogens is 1. The first-order chi connectivity index (χ1) is 8.96. The predicted molar refractivity (Wildman–Crippen MR) is 77.9 cm³/mol. The van der Waals surface area contributed by atoms with Crippen molar-refractivity contribution in [1.29, 1.82) is 0 Å². The maximum Gasteiger partial charge on any atom is 0.123 e. The van der Waals surface area contributed by atoms with Gasteiger partial charge in [0.05, 0.1) is 5.60 Å². The fraction of sp³-hybridized carbons (Fsp3) is 0.625. The van der Waals surface area contributed by atoms with Gasteiger partial charge in [0.15, 0.2) is 0 Å². The lowest BCUT2D eigenvalue weighted by atomic mass is 9.95. The number of likely N-dealkylation sites (N-methyl/N-ethyl adjacent to an activating group) is 1.